The van der Waals surface area contributed by atoms with Crippen LogP contribution in [0.25, 0.3) is 11.0 Å². The van der Waals surface area contributed by atoms with Crippen LogP contribution in [-0.4, -0.2) is 27.9 Å². The molecule has 4 heteroatoms. The van der Waals surface area contributed by atoms with Crippen molar-refractivity contribution in [3.05, 3.63) is 24.3 Å². The molecule has 0 unspecified atom stereocenters. The normalized spacial score (nSPS) is 11.3. The van der Waals surface area contributed by atoms with Crippen molar-refractivity contribution in [3.63, 3.8) is 0 Å². The van der Waals surface area contributed by atoms with Crippen LogP contribution in [-0.2, 0) is 0 Å². The minimum Gasteiger partial charge on any atom is -0.339 e. The molecule has 0 aliphatic heterocycles. The van der Waals surface area contributed by atoms with E-state index in [1.807, 2.05) is 12.1 Å². The lowest BCUT2D eigenvalue weighted by atomic mass is 10.1. The molecule has 98 valence electrons. The molecule has 0 saturated carbocycles. The maximum atomic E-state index is 4.70. The number of fused-ring (bicyclic) bond motifs is 1. The van der Waals surface area contributed by atoms with Gasteiger partial charge in [-0.1, -0.05) is 41.9 Å². The minimum absolute atomic E-state index is 0.545. The molecule has 2 aromatic rings. The monoisotopic (exact) mass is 309 g/mol. The molecule has 0 fully saturated rings. The lowest BCUT2D eigenvalue weighted by molar-refractivity contribution is 0.560. The molecule has 1 aromatic carbocycles. The standard InChI is InChI=1S/C14H20BrN3/c1-3-11(4-2)18(10-9-15)14-16-12-7-5-6-8-13(12)17-14/h5-8,11H,3-4,9-10H2,1-2H3,(H,16,17). The molecule has 0 bridgehead atoms. The van der Waals surface area contributed by atoms with Crippen molar-refractivity contribution in [2.75, 3.05) is 16.8 Å². The minimum atomic E-state index is 0.545. The molecule has 1 heterocycles. The molecule has 0 aliphatic rings. The van der Waals surface area contributed by atoms with E-state index in [0.717, 1.165) is 41.7 Å². The molecule has 0 aliphatic carbocycles. The Morgan fingerprint density at radius 2 is 2.00 bits per heavy atom. The van der Waals surface area contributed by atoms with Crippen LogP contribution in [0.3, 0.4) is 0 Å². The maximum absolute atomic E-state index is 4.70. The zero-order valence-corrected chi connectivity index (χ0v) is 12.6. The van der Waals surface area contributed by atoms with E-state index in [-0.39, 0.29) is 0 Å². The van der Waals surface area contributed by atoms with Crippen LogP contribution in [0, 0.1) is 0 Å². The average Bonchev–Trinajstić information content (AvgIpc) is 2.82. The van der Waals surface area contributed by atoms with Gasteiger partial charge in [-0.3, -0.25) is 0 Å². The number of nitrogens with zero attached hydrogens (tertiary/aromatic N) is 2. The third-order valence-electron chi connectivity index (χ3n) is 3.36. The van der Waals surface area contributed by atoms with Crippen LogP contribution in [0.1, 0.15) is 26.7 Å². The van der Waals surface area contributed by atoms with Crippen molar-refractivity contribution in [3.8, 4) is 0 Å². The van der Waals surface area contributed by atoms with E-state index in [9.17, 15) is 0 Å². The van der Waals surface area contributed by atoms with Gasteiger partial charge in [-0.15, -0.1) is 0 Å². The molecular weight excluding hydrogens is 290 g/mol. The fourth-order valence-corrected chi connectivity index (χ4v) is 2.74. The quantitative estimate of drug-likeness (QED) is 0.819. The Labute approximate surface area is 117 Å². The second-order valence-electron chi connectivity index (χ2n) is 4.43. The van der Waals surface area contributed by atoms with Crippen LogP contribution >= 0.6 is 15.9 Å². The van der Waals surface area contributed by atoms with Crippen LogP contribution in [0.4, 0.5) is 5.95 Å². The van der Waals surface area contributed by atoms with E-state index >= 15 is 0 Å². The van der Waals surface area contributed by atoms with Crippen molar-refractivity contribution >= 4 is 32.9 Å². The Bertz CT molecular complexity index is 457. The van der Waals surface area contributed by atoms with Gasteiger partial charge in [0.15, 0.2) is 0 Å². The van der Waals surface area contributed by atoms with Gasteiger partial charge in [-0.2, -0.15) is 0 Å². The molecule has 0 amide bonds. The Morgan fingerprint density at radius 3 is 2.61 bits per heavy atom. The SMILES string of the molecule is CCC(CC)N(CCBr)c1nc2ccccc2[nH]1. The second-order valence-corrected chi connectivity index (χ2v) is 5.22. The van der Waals surface area contributed by atoms with Gasteiger partial charge >= 0.3 is 0 Å². The predicted molar refractivity (Wildman–Crippen MR) is 81.6 cm³/mol. The zero-order valence-electron chi connectivity index (χ0n) is 11.0. The molecule has 0 atom stereocenters. The highest BCUT2D eigenvalue weighted by Gasteiger charge is 2.18. The van der Waals surface area contributed by atoms with Gasteiger partial charge in [0.05, 0.1) is 11.0 Å². The molecular formula is C14H20BrN3. The molecule has 3 nitrogen and oxygen atoms in total. The molecule has 1 N–H and O–H groups in total. The number of anilines is 1. The summed E-state index contributed by atoms with van der Waals surface area (Å²) in [5.74, 6) is 0.990. The summed E-state index contributed by atoms with van der Waals surface area (Å²) in [7, 11) is 0. The van der Waals surface area contributed by atoms with E-state index < -0.39 is 0 Å². The first kappa shape index (κ1) is 13.4. The van der Waals surface area contributed by atoms with Gasteiger partial charge in [0.2, 0.25) is 5.95 Å². The summed E-state index contributed by atoms with van der Waals surface area (Å²) in [4.78, 5) is 10.5. The Hall–Kier alpha value is -1.03. The number of nitrogens with one attached hydrogen (secondary N) is 1. The third kappa shape index (κ3) is 2.69. The Kier molecular flexibility index (Phi) is 4.64. The van der Waals surface area contributed by atoms with Gasteiger partial charge in [0.25, 0.3) is 0 Å². The van der Waals surface area contributed by atoms with Crippen molar-refractivity contribution in [2.45, 2.75) is 32.7 Å². The number of rotatable bonds is 6. The highest BCUT2D eigenvalue weighted by atomic mass is 79.9. The molecule has 0 saturated heterocycles. The number of aromatic nitrogens is 2. The van der Waals surface area contributed by atoms with Crippen LogP contribution in [0.15, 0.2) is 24.3 Å². The van der Waals surface area contributed by atoms with Crippen molar-refractivity contribution in [1.29, 1.82) is 0 Å². The van der Waals surface area contributed by atoms with E-state index in [4.69, 9.17) is 4.98 Å². The van der Waals surface area contributed by atoms with E-state index in [1.54, 1.807) is 0 Å². The number of imidazole rings is 1. The summed E-state index contributed by atoms with van der Waals surface area (Å²) >= 11 is 3.53. The molecule has 1 aromatic heterocycles. The highest BCUT2D eigenvalue weighted by Crippen LogP contribution is 2.21. The van der Waals surface area contributed by atoms with Crippen LogP contribution in [0.2, 0.25) is 0 Å². The number of alkyl halides is 1. The number of hydrogen-bond acceptors (Lipinski definition) is 2. The van der Waals surface area contributed by atoms with Gasteiger partial charge in [0, 0.05) is 17.9 Å². The smallest absolute Gasteiger partial charge is 0.204 e. The van der Waals surface area contributed by atoms with Gasteiger partial charge in [-0.05, 0) is 25.0 Å². The number of aromatic amines is 1. The van der Waals surface area contributed by atoms with Crippen molar-refractivity contribution in [1.82, 2.24) is 9.97 Å². The topological polar surface area (TPSA) is 31.9 Å². The summed E-state index contributed by atoms with van der Waals surface area (Å²) in [6.45, 7) is 5.45. The number of benzene rings is 1. The summed E-state index contributed by atoms with van der Waals surface area (Å²) in [6.07, 6.45) is 2.28. The Balaban J connectivity index is 2.34. The van der Waals surface area contributed by atoms with E-state index in [1.165, 1.54) is 0 Å². The zero-order chi connectivity index (χ0) is 13.0. The number of hydrogen-bond donors (Lipinski definition) is 1. The molecule has 18 heavy (non-hydrogen) atoms. The second kappa shape index (κ2) is 6.23. The summed E-state index contributed by atoms with van der Waals surface area (Å²) in [6, 6.07) is 8.73. The average molecular weight is 310 g/mol. The van der Waals surface area contributed by atoms with Crippen molar-refractivity contribution in [2.24, 2.45) is 0 Å². The molecule has 2 rings (SSSR count). The summed E-state index contributed by atoms with van der Waals surface area (Å²) in [5, 5.41) is 0.959. The number of H-pyrrole nitrogens is 1. The molecule has 0 spiro atoms. The number of para-hydroxylation sites is 2. The van der Waals surface area contributed by atoms with Gasteiger partial charge in [0.1, 0.15) is 0 Å². The first-order chi connectivity index (χ1) is 8.80. The van der Waals surface area contributed by atoms with Crippen molar-refractivity contribution < 1.29 is 0 Å². The predicted octanol–water partition coefficient (Wildman–Crippen LogP) is 3.95. The fraction of sp³-hybridized carbons (Fsp3) is 0.500. The van der Waals surface area contributed by atoms with E-state index in [2.05, 4.69) is 51.8 Å². The fourth-order valence-electron chi connectivity index (χ4n) is 2.36. The van der Waals surface area contributed by atoms with E-state index in [0.29, 0.717) is 6.04 Å². The lowest BCUT2D eigenvalue weighted by Crippen LogP contribution is -2.36. The van der Waals surface area contributed by atoms with Gasteiger partial charge in [-0.25, -0.2) is 4.98 Å². The first-order valence-corrected chi connectivity index (χ1v) is 7.69. The maximum Gasteiger partial charge on any atom is 0.204 e. The summed E-state index contributed by atoms with van der Waals surface area (Å²) < 4.78 is 0. The number of halogens is 1. The van der Waals surface area contributed by atoms with Crippen LogP contribution < -0.4 is 4.90 Å². The lowest BCUT2D eigenvalue weighted by Gasteiger charge is -2.29. The summed E-state index contributed by atoms with van der Waals surface area (Å²) in [5.41, 5.74) is 2.15. The van der Waals surface area contributed by atoms with Crippen LogP contribution in [0.5, 0.6) is 0 Å². The highest BCUT2D eigenvalue weighted by molar-refractivity contribution is 9.09. The first-order valence-electron chi connectivity index (χ1n) is 6.57. The molecule has 0 radical (unpaired) electrons. The Morgan fingerprint density at radius 1 is 1.28 bits per heavy atom. The van der Waals surface area contributed by atoms with Gasteiger partial charge < -0.3 is 9.88 Å². The largest absolute Gasteiger partial charge is 0.339 e. The third-order valence-corrected chi connectivity index (χ3v) is 3.71.